The van der Waals surface area contributed by atoms with Crippen molar-refractivity contribution in [3.05, 3.63) is 41.2 Å². The average Bonchev–Trinajstić information content (AvgIpc) is 2.53. The van der Waals surface area contributed by atoms with Crippen LogP contribution in [0.1, 0.15) is 50.5 Å². The quantitative estimate of drug-likeness (QED) is 0.347. The van der Waals surface area contributed by atoms with Crippen molar-refractivity contribution >= 4 is 17.7 Å². The molecule has 0 amide bonds. The monoisotopic (exact) mass is 316 g/mol. The summed E-state index contributed by atoms with van der Waals surface area (Å²) in [7, 11) is 0. The summed E-state index contributed by atoms with van der Waals surface area (Å²) in [6, 6.07) is 7.51. The van der Waals surface area contributed by atoms with Crippen LogP contribution in [0.4, 0.5) is 5.69 Å². The zero-order valence-electron chi connectivity index (χ0n) is 13.5. The van der Waals surface area contributed by atoms with Gasteiger partial charge in [0.25, 0.3) is 0 Å². The summed E-state index contributed by atoms with van der Waals surface area (Å²) in [5.41, 5.74) is 8.00. The van der Waals surface area contributed by atoms with E-state index in [0.29, 0.717) is 37.1 Å². The van der Waals surface area contributed by atoms with Gasteiger partial charge in [-0.25, -0.2) is 0 Å². The third kappa shape index (κ3) is 4.84. The first-order valence-electron chi connectivity index (χ1n) is 8.05. The Labute approximate surface area is 136 Å². The first kappa shape index (κ1) is 17.1. The number of hydrogen-bond donors (Lipinski definition) is 2. The highest BCUT2D eigenvalue weighted by molar-refractivity contribution is 5.97. The highest BCUT2D eigenvalue weighted by Gasteiger charge is 2.28. The number of hydrogen-bond acceptors (Lipinski definition) is 5. The van der Waals surface area contributed by atoms with Gasteiger partial charge in [-0.1, -0.05) is 17.3 Å². The van der Waals surface area contributed by atoms with E-state index in [-0.39, 0.29) is 17.5 Å². The number of oxime groups is 1. The van der Waals surface area contributed by atoms with Crippen molar-refractivity contribution in [2.45, 2.75) is 44.9 Å². The molecular formula is C18H24N2O3. The van der Waals surface area contributed by atoms with E-state index in [2.05, 4.69) is 5.16 Å². The fourth-order valence-corrected chi connectivity index (χ4v) is 2.77. The van der Waals surface area contributed by atoms with Crippen molar-refractivity contribution in [2.75, 3.05) is 12.3 Å². The van der Waals surface area contributed by atoms with Gasteiger partial charge in [0.2, 0.25) is 0 Å². The van der Waals surface area contributed by atoms with Crippen LogP contribution in [-0.2, 0) is 9.63 Å². The third-order valence-corrected chi connectivity index (χ3v) is 4.00. The van der Waals surface area contributed by atoms with Gasteiger partial charge < -0.3 is 15.7 Å². The Morgan fingerprint density at radius 1 is 1.35 bits per heavy atom. The van der Waals surface area contributed by atoms with Crippen LogP contribution in [0, 0.1) is 0 Å². The topological polar surface area (TPSA) is 84.9 Å². The molecule has 0 saturated heterocycles. The van der Waals surface area contributed by atoms with E-state index >= 15 is 0 Å². The lowest BCUT2D eigenvalue weighted by atomic mass is 9.81. The van der Waals surface area contributed by atoms with Crippen LogP contribution in [0.15, 0.2) is 40.8 Å². The summed E-state index contributed by atoms with van der Waals surface area (Å²) in [5, 5.41) is 14.0. The maximum absolute atomic E-state index is 12.3. The Kier molecular flexibility index (Phi) is 6.20. The summed E-state index contributed by atoms with van der Waals surface area (Å²) < 4.78 is 0. The van der Waals surface area contributed by atoms with Crippen molar-refractivity contribution in [2.24, 2.45) is 5.16 Å². The van der Waals surface area contributed by atoms with Crippen LogP contribution in [0.2, 0.25) is 0 Å². The van der Waals surface area contributed by atoms with Crippen LogP contribution in [0.3, 0.4) is 0 Å². The van der Waals surface area contributed by atoms with E-state index in [0.717, 1.165) is 18.4 Å². The largest absolute Gasteiger partial charge is 0.512 e. The maximum Gasteiger partial charge on any atom is 0.162 e. The number of ketones is 1. The molecule has 0 heterocycles. The van der Waals surface area contributed by atoms with E-state index in [9.17, 15) is 9.90 Å². The first-order valence-corrected chi connectivity index (χ1v) is 8.05. The van der Waals surface area contributed by atoms with Gasteiger partial charge in [-0.3, -0.25) is 4.79 Å². The van der Waals surface area contributed by atoms with Crippen molar-refractivity contribution in [3.63, 3.8) is 0 Å². The maximum atomic E-state index is 12.3. The molecule has 5 nitrogen and oxygen atoms in total. The predicted molar refractivity (Wildman–Crippen MR) is 91.5 cm³/mol. The number of aliphatic hydroxyl groups is 1. The van der Waals surface area contributed by atoms with E-state index in [4.69, 9.17) is 10.6 Å². The molecule has 124 valence electrons. The lowest BCUT2D eigenvalue weighted by molar-refractivity contribution is -0.116. The summed E-state index contributed by atoms with van der Waals surface area (Å²) in [4.78, 5) is 17.2. The number of nitrogens with zero attached hydrogens (tertiary/aromatic N) is 1. The molecular weight excluding hydrogens is 292 g/mol. The Hall–Kier alpha value is -2.30. The standard InChI is InChI=1S/C18H24N2O3/c1-2-23-20-10-4-3-5-16-17(21)11-14(12-18(16)22)13-6-8-15(19)9-7-13/h6-10,14,21H,2-5,11-12,19H2,1H3. The van der Waals surface area contributed by atoms with Gasteiger partial charge >= 0.3 is 0 Å². The number of anilines is 1. The number of carbonyl (C=O) groups excluding carboxylic acids is 1. The molecule has 1 atom stereocenters. The van der Waals surface area contributed by atoms with Crippen LogP contribution >= 0.6 is 0 Å². The number of unbranched alkanes of at least 4 members (excludes halogenated alkanes) is 1. The van der Waals surface area contributed by atoms with Crippen molar-refractivity contribution < 1.29 is 14.7 Å². The molecule has 2 rings (SSSR count). The summed E-state index contributed by atoms with van der Waals surface area (Å²) >= 11 is 0. The summed E-state index contributed by atoms with van der Waals surface area (Å²) in [5.74, 6) is 0.300. The molecule has 1 aliphatic carbocycles. The van der Waals surface area contributed by atoms with Gasteiger partial charge in [0.15, 0.2) is 5.78 Å². The number of allylic oxidation sites excluding steroid dienone is 2. The van der Waals surface area contributed by atoms with E-state index in [1.54, 1.807) is 6.21 Å². The number of aliphatic hydroxyl groups excluding tert-OH is 1. The molecule has 3 N–H and O–H groups in total. The Morgan fingerprint density at radius 2 is 2.09 bits per heavy atom. The second-order valence-electron chi connectivity index (χ2n) is 5.72. The molecule has 1 unspecified atom stereocenters. The number of Topliss-reactive ketones (excluding diaryl/α,β-unsaturated/α-hetero) is 1. The van der Waals surface area contributed by atoms with Gasteiger partial charge in [-0.15, -0.1) is 0 Å². The predicted octanol–water partition coefficient (Wildman–Crippen LogP) is 3.72. The van der Waals surface area contributed by atoms with Gasteiger partial charge in [-0.2, -0.15) is 0 Å². The zero-order chi connectivity index (χ0) is 16.7. The number of rotatable bonds is 7. The van der Waals surface area contributed by atoms with Gasteiger partial charge in [0, 0.05) is 30.3 Å². The second kappa shape index (κ2) is 8.36. The highest BCUT2D eigenvalue weighted by atomic mass is 16.6. The fourth-order valence-electron chi connectivity index (χ4n) is 2.77. The molecule has 0 aromatic heterocycles. The second-order valence-corrected chi connectivity index (χ2v) is 5.72. The molecule has 0 fully saturated rings. The van der Waals surface area contributed by atoms with Crippen LogP contribution in [0.25, 0.3) is 0 Å². The molecule has 1 aromatic carbocycles. The SMILES string of the molecule is CCON=CCCCC1=C(O)CC(c2ccc(N)cc2)CC1=O. The van der Waals surface area contributed by atoms with Crippen molar-refractivity contribution in [1.82, 2.24) is 0 Å². The molecule has 1 aliphatic rings. The number of benzene rings is 1. The number of nitrogens with two attached hydrogens (primary N) is 1. The lowest BCUT2D eigenvalue weighted by Crippen LogP contribution is -2.18. The number of carbonyl (C=O) groups is 1. The van der Waals surface area contributed by atoms with Crippen LogP contribution in [0.5, 0.6) is 0 Å². The summed E-state index contributed by atoms with van der Waals surface area (Å²) in [6.45, 7) is 2.42. The highest BCUT2D eigenvalue weighted by Crippen LogP contribution is 2.35. The molecule has 0 saturated carbocycles. The molecule has 1 aromatic rings. The van der Waals surface area contributed by atoms with Crippen LogP contribution < -0.4 is 5.73 Å². The van der Waals surface area contributed by atoms with Gasteiger partial charge in [0.05, 0.1) is 5.76 Å². The molecule has 0 radical (unpaired) electrons. The van der Waals surface area contributed by atoms with Gasteiger partial charge in [-0.05, 0) is 49.8 Å². The number of nitrogen functional groups attached to an aromatic ring is 1. The molecule has 0 spiro atoms. The average molecular weight is 316 g/mol. The third-order valence-electron chi connectivity index (χ3n) is 4.00. The van der Waals surface area contributed by atoms with Gasteiger partial charge in [0.1, 0.15) is 6.61 Å². The molecule has 0 aliphatic heterocycles. The van der Waals surface area contributed by atoms with E-state index in [1.807, 2.05) is 31.2 Å². The normalized spacial score (nSPS) is 18.7. The minimum atomic E-state index is 0.0337. The van der Waals surface area contributed by atoms with Crippen LogP contribution in [-0.4, -0.2) is 23.7 Å². The molecule has 5 heteroatoms. The lowest BCUT2D eigenvalue weighted by Gasteiger charge is -2.24. The fraction of sp³-hybridized carbons (Fsp3) is 0.444. The minimum Gasteiger partial charge on any atom is -0.512 e. The first-order chi connectivity index (χ1) is 11.1. The zero-order valence-corrected chi connectivity index (χ0v) is 13.5. The smallest absolute Gasteiger partial charge is 0.162 e. The Morgan fingerprint density at radius 3 is 2.74 bits per heavy atom. The molecule has 23 heavy (non-hydrogen) atoms. The molecule has 0 bridgehead atoms. The van der Waals surface area contributed by atoms with E-state index in [1.165, 1.54) is 0 Å². The minimum absolute atomic E-state index is 0.0337. The summed E-state index contributed by atoms with van der Waals surface area (Å²) in [6.07, 6.45) is 4.73. The Balaban J connectivity index is 1.93. The van der Waals surface area contributed by atoms with Crippen molar-refractivity contribution in [3.8, 4) is 0 Å². The Bertz CT molecular complexity index is 591. The van der Waals surface area contributed by atoms with Crippen molar-refractivity contribution in [1.29, 1.82) is 0 Å². The van der Waals surface area contributed by atoms with E-state index < -0.39 is 0 Å².